The van der Waals surface area contributed by atoms with Crippen LogP contribution in [0.1, 0.15) is 68.1 Å². The number of thiol groups is 1. The molecule has 0 unspecified atom stereocenters. The Kier molecular flexibility index (Phi) is 7.14. The lowest BCUT2D eigenvalue weighted by Gasteiger charge is -2.59. The fourth-order valence-corrected chi connectivity index (χ4v) is 9.95. The molecule has 7 heteroatoms. The third kappa shape index (κ3) is 4.30. The van der Waals surface area contributed by atoms with Gasteiger partial charge in [-0.15, -0.1) is 0 Å². The predicted molar refractivity (Wildman–Crippen MR) is 165 cm³/mol. The zero-order valence-corrected chi connectivity index (χ0v) is 25.6. The van der Waals surface area contributed by atoms with Crippen molar-refractivity contribution in [3.8, 4) is 0 Å². The molecule has 2 aromatic rings. The van der Waals surface area contributed by atoms with Gasteiger partial charge in [-0.3, -0.25) is 9.59 Å². The Balaban J connectivity index is 1.20. The van der Waals surface area contributed by atoms with Crippen molar-refractivity contribution < 1.29 is 29.3 Å². The predicted octanol–water partition coefficient (Wildman–Crippen LogP) is 5.31. The van der Waals surface area contributed by atoms with Gasteiger partial charge in [0.25, 0.3) is 0 Å². The molecular weight excluding hydrogens is 560 g/mol. The number of aliphatic hydroxyl groups excluding tert-OH is 2. The lowest BCUT2D eigenvalue weighted by atomic mass is 9.46. The molecule has 2 aromatic carbocycles. The van der Waals surface area contributed by atoms with Crippen molar-refractivity contribution in [2.75, 3.05) is 6.61 Å². The Hall–Kier alpha value is -2.55. The second kappa shape index (κ2) is 10.5. The number of carbonyl (C=O) groups is 2. The van der Waals surface area contributed by atoms with Crippen LogP contribution >= 0.6 is 12.6 Å². The summed E-state index contributed by atoms with van der Waals surface area (Å²) in [4.78, 5) is 26.0. The van der Waals surface area contributed by atoms with E-state index in [1.54, 1.807) is 12.2 Å². The SMILES string of the molecule is C[C@]12C=CC(=O)C=C1CC[C@@H]1[C@@H]2[C@@H](O)C[C@@]2(C)[C@H]1C[C@H]1O[C@@H](c3cccc(Cc4cccc(CS)c4)c3)O[C@]12C(=O)CO. The second-order valence-corrected chi connectivity index (χ2v) is 14.1. The van der Waals surface area contributed by atoms with Gasteiger partial charge < -0.3 is 19.7 Å². The lowest BCUT2D eigenvalue weighted by Crippen LogP contribution is -2.63. The maximum atomic E-state index is 13.8. The third-order valence-electron chi connectivity index (χ3n) is 11.6. The van der Waals surface area contributed by atoms with Crippen molar-refractivity contribution in [3.63, 3.8) is 0 Å². The van der Waals surface area contributed by atoms with Crippen LogP contribution in [0.2, 0.25) is 0 Å². The van der Waals surface area contributed by atoms with Crippen molar-refractivity contribution >= 4 is 24.2 Å². The van der Waals surface area contributed by atoms with E-state index in [1.807, 2.05) is 24.3 Å². The fourth-order valence-electron chi connectivity index (χ4n) is 9.76. The Bertz CT molecular complexity index is 1530. The molecule has 4 aliphatic carbocycles. The summed E-state index contributed by atoms with van der Waals surface area (Å²) in [5.41, 5.74) is 2.93. The Morgan fingerprint density at radius 3 is 2.60 bits per heavy atom. The van der Waals surface area contributed by atoms with Gasteiger partial charge in [0.2, 0.25) is 0 Å². The number of benzene rings is 2. The average molecular weight is 601 g/mol. The van der Waals surface area contributed by atoms with E-state index in [9.17, 15) is 19.8 Å². The first-order chi connectivity index (χ1) is 20.6. The summed E-state index contributed by atoms with van der Waals surface area (Å²) in [7, 11) is 0. The highest BCUT2D eigenvalue weighted by molar-refractivity contribution is 7.79. The maximum absolute atomic E-state index is 13.8. The first-order valence-corrected chi connectivity index (χ1v) is 16.1. The first-order valence-electron chi connectivity index (χ1n) is 15.5. The Labute approximate surface area is 258 Å². The molecule has 2 N–H and O–H groups in total. The molecule has 4 fully saturated rings. The minimum atomic E-state index is -1.35. The van der Waals surface area contributed by atoms with E-state index in [1.165, 1.54) is 11.1 Å². The molecule has 7 rings (SSSR count). The molecule has 0 bridgehead atoms. The molecule has 0 spiro atoms. The molecule has 6 nitrogen and oxygen atoms in total. The Morgan fingerprint density at radius 2 is 1.84 bits per heavy atom. The molecule has 0 aromatic heterocycles. The van der Waals surface area contributed by atoms with Crippen LogP contribution in [0.15, 0.2) is 72.3 Å². The number of allylic oxidation sites excluding steroid dienone is 4. The van der Waals surface area contributed by atoms with E-state index in [-0.39, 0.29) is 29.3 Å². The van der Waals surface area contributed by atoms with Crippen LogP contribution in [0.4, 0.5) is 0 Å². The molecule has 0 radical (unpaired) electrons. The maximum Gasteiger partial charge on any atom is 0.193 e. The zero-order valence-electron chi connectivity index (χ0n) is 24.7. The van der Waals surface area contributed by atoms with Crippen LogP contribution in [0.5, 0.6) is 0 Å². The van der Waals surface area contributed by atoms with Crippen LogP contribution in [0.3, 0.4) is 0 Å². The smallest absolute Gasteiger partial charge is 0.193 e. The molecule has 226 valence electrons. The van der Waals surface area contributed by atoms with Gasteiger partial charge in [0, 0.05) is 28.1 Å². The summed E-state index contributed by atoms with van der Waals surface area (Å²) >= 11 is 4.41. The van der Waals surface area contributed by atoms with Gasteiger partial charge in [-0.1, -0.05) is 74.0 Å². The summed E-state index contributed by atoms with van der Waals surface area (Å²) in [6, 6.07) is 16.5. The standard InChI is InChI=1S/C36H40O6S/c1-34-12-11-26(38)16-25(34)9-10-27-28-17-31-36(30(40)19-37,35(28,2)18-29(39)32(27)34)42-33(41-31)24-8-4-6-22(15-24)13-21-5-3-7-23(14-21)20-43/h3-8,11-12,14-16,27-29,31-33,37,39,43H,9-10,13,17-20H2,1-2H3/t27-,28-,29-,31+,32+,33+,34-,35-,36+/m0/s1. The number of carbonyl (C=O) groups excluding carboxylic acids is 2. The van der Waals surface area contributed by atoms with Crippen molar-refractivity contribution in [2.45, 2.75) is 75.8 Å². The summed E-state index contributed by atoms with van der Waals surface area (Å²) in [5.74, 6) is 0.447. The molecule has 5 aliphatic rings. The van der Waals surface area contributed by atoms with Gasteiger partial charge in [0.15, 0.2) is 23.5 Å². The number of ether oxygens (including phenoxy) is 2. The van der Waals surface area contributed by atoms with E-state index in [0.717, 1.165) is 36.0 Å². The van der Waals surface area contributed by atoms with Crippen molar-refractivity contribution in [3.05, 3.63) is 94.6 Å². The van der Waals surface area contributed by atoms with Gasteiger partial charge >= 0.3 is 0 Å². The van der Waals surface area contributed by atoms with Crippen LogP contribution < -0.4 is 0 Å². The number of fused-ring (bicyclic) bond motifs is 7. The van der Waals surface area contributed by atoms with Crippen LogP contribution in [-0.4, -0.2) is 46.2 Å². The average Bonchev–Trinajstić information content (AvgIpc) is 3.50. The molecule has 43 heavy (non-hydrogen) atoms. The minimum Gasteiger partial charge on any atom is -0.393 e. The highest BCUT2D eigenvalue weighted by Crippen LogP contribution is 2.70. The van der Waals surface area contributed by atoms with E-state index in [0.29, 0.717) is 18.6 Å². The Morgan fingerprint density at radius 1 is 1.09 bits per heavy atom. The molecular formula is C36H40O6S. The topological polar surface area (TPSA) is 93.1 Å². The zero-order chi connectivity index (χ0) is 30.1. The van der Waals surface area contributed by atoms with E-state index in [2.05, 4.69) is 56.8 Å². The van der Waals surface area contributed by atoms with Gasteiger partial charge in [-0.2, -0.15) is 12.6 Å². The van der Waals surface area contributed by atoms with Crippen LogP contribution in [0.25, 0.3) is 0 Å². The van der Waals surface area contributed by atoms with Gasteiger partial charge in [-0.25, -0.2) is 0 Å². The highest BCUT2D eigenvalue weighted by atomic mass is 32.1. The van der Waals surface area contributed by atoms with Gasteiger partial charge in [0.05, 0.1) is 12.2 Å². The molecule has 0 amide bonds. The first kappa shape index (κ1) is 29.2. The summed E-state index contributed by atoms with van der Waals surface area (Å²) in [6.07, 6.45) is 6.76. The van der Waals surface area contributed by atoms with Crippen molar-refractivity contribution in [1.29, 1.82) is 0 Å². The van der Waals surface area contributed by atoms with Gasteiger partial charge in [0.1, 0.15) is 6.61 Å². The van der Waals surface area contributed by atoms with Gasteiger partial charge in [-0.05, 0) is 72.8 Å². The van der Waals surface area contributed by atoms with Crippen LogP contribution in [-0.2, 0) is 31.2 Å². The second-order valence-electron chi connectivity index (χ2n) is 13.7. The molecule has 1 saturated heterocycles. The number of hydrogen-bond acceptors (Lipinski definition) is 7. The van der Waals surface area contributed by atoms with E-state index in [4.69, 9.17) is 9.47 Å². The number of Topliss-reactive ketones (excluding diaryl/α,β-unsaturated/α-hetero) is 1. The van der Waals surface area contributed by atoms with Crippen molar-refractivity contribution in [1.82, 2.24) is 0 Å². The molecule has 1 aliphatic heterocycles. The summed E-state index contributed by atoms with van der Waals surface area (Å²) in [6.45, 7) is 3.56. The number of ketones is 2. The quantitative estimate of drug-likeness (QED) is 0.390. The van der Waals surface area contributed by atoms with Crippen molar-refractivity contribution in [2.24, 2.45) is 28.6 Å². The van der Waals surface area contributed by atoms with Crippen LogP contribution in [0, 0.1) is 28.6 Å². The highest BCUT2D eigenvalue weighted by Gasteiger charge is 2.75. The number of rotatable bonds is 6. The summed E-state index contributed by atoms with van der Waals surface area (Å²) in [5, 5.41) is 22.1. The molecule has 1 heterocycles. The number of hydrogen-bond donors (Lipinski definition) is 3. The van der Waals surface area contributed by atoms with E-state index < -0.39 is 41.5 Å². The number of aliphatic hydroxyl groups is 2. The lowest BCUT2D eigenvalue weighted by molar-refractivity contribution is -0.201. The minimum absolute atomic E-state index is 0.00652. The van der Waals surface area contributed by atoms with E-state index >= 15 is 0 Å². The monoisotopic (exact) mass is 600 g/mol. The largest absolute Gasteiger partial charge is 0.393 e. The normalized spacial score (nSPS) is 39.5. The third-order valence-corrected chi connectivity index (χ3v) is 12.0. The molecule has 9 atom stereocenters. The fraction of sp³-hybridized carbons (Fsp3) is 0.500. The summed E-state index contributed by atoms with van der Waals surface area (Å²) < 4.78 is 13.4. The molecule has 3 saturated carbocycles.